The quantitative estimate of drug-likeness (QED) is 0.714. The van der Waals surface area contributed by atoms with Gasteiger partial charge in [0.05, 0.1) is 5.69 Å². The van der Waals surface area contributed by atoms with Crippen LogP contribution in [0.25, 0.3) is 11.3 Å². The number of methoxy groups -OCH3 is 1. The number of carbonyl (C=O) groups is 1. The van der Waals surface area contributed by atoms with Crippen molar-refractivity contribution in [2.24, 2.45) is 7.05 Å². The third-order valence-corrected chi connectivity index (χ3v) is 5.39. The van der Waals surface area contributed by atoms with E-state index in [1.807, 2.05) is 4.90 Å². The maximum Gasteiger partial charge on any atom is 0.274 e. The summed E-state index contributed by atoms with van der Waals surface area (Å²) in [5.74, 6) is -0.340. The lowest BCUT2D eigenvalue weighted by atomic mass is 10.1. The van der Waals surface area contributed by atoms with E-state index in [-0.39, 0.29) is 23.8 Å². The molecular weight excluding hydrogens is 359 g/mol. The Hall–Kier alpha value is -2.25. The Balaban J connectivity index is 1.71. The predicted octanol–water partition coefficient (Wildman–Crippen LogP) is 2.80. The highest BCUT2D eigenvalue weighted by atomic mass is 19.1. The summed E-state index contributed by atoms with van der Waals surface area (Å²) in [6.07, 6.45) is 0.987. The molecule has 1 aromatic carbocycles. The van der Waals surface area contributed by atoms with E-state index in [1.54, 1.807) is 37.0 Å². The minimum atomic E-state index is -0.284. The number of nitrogens with zero attached hydrogens (tertiary/aromatic N) is 4. The van der Waals surface area contributed by atoms with Gasteiger partial charge >= 0.3 is 0 Å². The van der Waals surface area contributed by atoms with Gasteiger partial charge in [-0.2, -0.15) is 5.10 Å². The zero-order valence-corrected chi connectivity index (χ0v) is 17.1. The van der Waals surface area contributed by atoms with Crippen molar-refractivity contribution < 1.29 is 13.9 Å². The molecule has 1 amide bonds. The number of ether oxygens (including phenoxy) is 1. The maximum atomic E-state index is 13.2. The Morgan fingerprint density at radius 1 is 1.21 bits per heavy atom. The predicted molar refractivity (Wildman–Crippen MR) is 107 cm³/mol. The molecule has 152 valence electrons. The number of hydrogen-bond donors (Lipinski definition) is 0. The topological polar surface area (TPSA) is 50.6 Å². The molecule has 1 aliphatic rings. The van der Waals surface area contributed by atoms with E-state index in [9.17, 15) is 9.18 Å². The second kappa shape index (κ2) is 8.84. The first kappa shape index (κ1) is 20.5. The van der Waals surface area contributed by atoms with Crippen molar-refractivity contribution in [1.82, 2.24) is 19.6 Å². The Bertz CT molecular complexity index is 793. The lowest BCUT2D eigenvalue weighted by Gasteiger charge is -2.44. The summed E-state index contributed by atoms with van der Waals surface area (Å²) in [4.78, 5) is 17.4. The van der Waals surface area contributed by atoms with Gasteiger partial charge in [-0.15, -0.1) is 0 Å². The number of piperazine rings is 1. The van der Waals surface area contributed by atoms with Gasteiger partial charge < -0.3 is 9.64 Å². The van der Waals surface area contributed by atoms with Crippen molar-refractivity contribution >= 4 is 5.91 Å². The molecule has 7 heteroatoms. The van der Waals surface area contributed by atoms with Crippen LogP contribution >= 0.6 is 0 Å². The van der Waals surface area contributed by atoms with Gasteiger partial charge in [-0.05, 0) is 56.2 Å². The van der Waals surface area contributed by atoms with Crippen LogP contribution in [0.15, 0.2) is 30.3 Å². The van der Waals surface area contributed by atoms with E-state index in [0.29, 0.717) is 18.8 Å². The van der Waals surface area contributed by atoms with E-state index in [2.05, 4.69) is 23.8 Å². The average molecular weight is 388 g/mol. The highest BCUT2D eigenvalue weighted by molar-refractivity contribution is 5.93. The minimum absolute atomic E-state index is 0.0563. The number of benzene rings is 1. The van der Waals surface area contributed by atoms with Crippen LogP contribution in [-0.2, 0) is 11.8 Å². The van der Waals surface area contributed by atoms with Crippen LogP contribution in [0, 0.1) is 5.82 Å². The van der Waals surface area contributed by atoms with Gasteiger partial charge in [0.15, 0.2) is 5.69 Å². The van der Waals surface area contributed by atoms with Gasteiger partial charge in [-0.3, -0.25) is 14.4 Å². The van der Waals surface area contributed by atoms with Crippen molar-refractivity contribution in [3.05, 3.63) is 41.8 Å². The lowest BCUT2D eigenvalue weighted by Crippen LogP contribution is -2.58. The summed E-state index contributed by atoms with van der Waals surface area (Å²) >= 11 is 0. The van der Waals surface area contributed by atoms with E-state index >= 15 is 0 Å². The Morgan fingerprint density at radius 2 is 1.86 bits per heavy atom. The van der Waals surface area contributed by atoms with Gasteiger partial charge in [-0.1, -0.05) is 0 Å². The van der Waals surface area contributed by atoms with Crippen LogP contribution in [0.1, 0.15) is 30.8 Å². The summed E-state index contributed by atoms with van der Waals surface area (Å²) in [6, 6.07) is 8.57. The van der Waals surface area contributed by atoms with Crippen molar-refractivity contribution in [1.29, 1.82) is 0 Å². The number of halogens is 1. The van der Waals surface area contributed by atoms with Crippen LogP contribution in [0.5, 0.6) is 0 Å². The first-order valence-corrected chi connectivity index (χ1v) is 9.74. The van der Waals surface area contributed by atoms with Crippen molar-refractivity contribution in [3.63, 3.8) is 0 Å². The molecule has 2 unspecified atom stereocenters. The fraction of sp³-hybridized carbons (Fsp3) is 0.524. The third kappa shape index (κ3) is 4.42. The van der Waals surface area contributed by atoms with E-state index < -0.39 is 0 Å². The number of amides is 1. The molecule has 3 rings (SSSR count). The molecule has 1 saturated heterocycles. The number of hydrogen-bond acceptors (Lipinski definition) is 4. The molecule has 0 bridgehead atoms. The fourth-order valence-corrected chi connectivity index (χ4v) is 3.98. The maximum absolute atomic E-state index is 13.2. The van der Waals surface area contributed by atoms with Gasteiger partial charge in [0.2, 0.25) is 0 Å². The highest BCUT2D eigenvalue weighted by Gasteiger charge is 2.32. The minimum Gasteiger partial charge on any atom is -0.385 e. The smallest absolute Gasteiger partial charge is 0.274 e. The standard InChI is InChI=1S/C21H29FN4O2/c1-15-13-25(14-16(2)26(15)10-5-11-28-4)21(27)19-12-20(24(3)23-19)17-6-8-18(22)9-7-17/h6-9,12,15-16H,5,10-11,13-14H2,1-4H3. The molecule has 1 aromatic heterocycles. The van der Waals surface area contributed by atoms with Crippen molar-refractivity contribution in [3.8, 4) is 11.3 Å². The Morgan fingerprint density at radius 3 is 2.46 bits per heavy atom. The molecule has 0 saturated carbocycles. The van der Waals surface area contributed by atoms with Gasteiger partial charge in [-0.25, -0.2) is 4.39 Å². The molecule has 0 N–H and O–H groups in total. The number of carbonyl (C=O) groups excluding carboxylic acids is 1. The summed E-state index contributed by atoms with van der Waals surface area (Å²) in [7, 11) is 3.52. The van der Waals surface area contributed by atoms with Gasteiger partial charge in [0.1, 0.15) is 5.82 Å². The highest BCUT2D eigenvalue weighted by Crippen LogP contribution is 2.23. The molecular formula is C21H29FN4O2. The summed E-state index contributed by atoms with van der Waals surface area (Å²) in [5, 5.41) is 4.42. The molecule has 2 atom stereocenters. The number of aryl methyl sites for hydroxylation is 1. The lowest BCUT2D eigenvalue weighted by molar-refractivity contribution is 0.0266. The Kier molecular flexibility index (Phi) is 6.46. The molecule has 2 heterocycles. The largest absolute Gasteiger partial charge is 0.385 e. The second-order valence-corrected chi connectivity index (χ2v) is 7.54. The van der Waals surface area contributed by atoms with Crippen molar-refractivity contribution in [2.45, 2.75) is 32.4 Å². The zero-order valence-electron chi connectivity index (χ0n) is 17.1. The molecule has 0 aliphatic carbocycles. The van der Waals surface area contributed by atoms with Crippen LogP contribution in [0.2, 0.25) is 0 Å². The normalized spacial score (nSPS) is 20.5. The van der Waals surface area contributed by atoms with Crippen LogP contribution in [0.4, 0.5) is 4.39 Å². The number of aromatic nitrogens is 2. The third-order valence-electron chi connectivity index (χ3n) is 5.39. The van der Waals surface area contributed by atoms with Crippen molar-refractivity contribution in [2.75, 3.05) is 33.4 Å². The first-order valence-electron chi connectivity index (χ1n) is 9.74. The van der Waals surface area contributed by atoms with E-state index in [4.69, 9.17) is 4.74 Å². The summed E-state index contributed by atoms with van der Waals surface area (Å²) < 4.78 is 20.0. The van der Waals surface area contributed by atoms with Crippen LogP contribution in [-0.4, -0.2) is 70.9 Å². The molecule has 6 nitrogen and oxygen atoms in total. The monoisotopic (exact) mass is 388 g/mol. The first-order chi connectivity index (χ1) is 13.4. The fourth-order valence-electron chi connectivity index (χ4n) is 3.98. The second-order valence-electron chi connectivity index (χ2n) is 7.54. The molecule has 0 radical (unpaired) electrons. The van der Waals surface area contributed by atoms with Gasteiger partial charge in [0, 0.05) is 52.5 Å². The molecule has 1 aliphatic heterocycles. The van der Waals surface area contributed by atoms with Gasteiger partial charge in [0.25, 0.3) is 5.91 Å². The summed E-state index contributed by atoms with van der Waals surface area (Å²) in [6.45, 7) is 7.39. The van der Waals surface area contributed by atoms with Crippen LogP contribution in [0.3, 0.4) is 0 Å². The molecule has 1 fully saturated rings. The summed E-state index contributed by atoms with van der Waals surface area (Å²) in [5.41, 5.74) is 2.05. The molecule has 28 heavy (non-hydrogen) atoms. The number of rotatable bonds is 6. The Labute approximate surface area is 165 Å². The molecule has 0 spiro atoms. The zero-order chi connectivity index (χ0) is 20.3. The SMILES string of the molecule is COCCCN1C(C)CN(C(=O)c2cc(-c3ccc(F)cc3)n(C)n2)CC1C. The average Bonchev–Trinajstić information content (AvgIpc) is 3.05. The van der Waals surface area contributed by atoms with E-state index in [1.165, 1.54) is 12.1 Å². The molecule has 2 aromatic rings. The van der Waals surface area contributed by atoms with E-state index in [0.717, 1.165) is 30.8 Å². The van der Waals surface area contributed by atoms with Crippen LogP contribution < -0.4 is 0 Å².